The first kappa shape index (κ1) is 21.8. The van der Waals surface area contributed by atoms with Gasteiger partial charge in [-0.1, -0.05) is 6.07 Å². The molecule has 2 amide bonds. The molecule has 2 aromatic carbocycles. The Kier molecular flexibility index (Phi) is 7.05. The number of amides is 2. The number of halogens is 1. The average Bonchev–Trinajstić information content (AvgIpc) is 3.56. The van der Waals surface area contributed by atoms with Gasteiger partial charge in [0.05, 0.1) is 6.61 Å². The summed E-state index contributed by atoms with van der Waals surface area (Å²) in [5, 5.41) is 2.82. The van der Waals surface area contributed by atoms with Crippen molar-refractivity contribution in [3.8, 4) is 0 Å². The molecule has 0 radical (unpaired) electrons. The van der Waals surface area contributed by atoms with Crippen LogP contribution in [0.2, 0.25) is 0 Å². The van der Waals surface area contributed by atoms with E-state index in [1.807, 2.05) is 36.0 Å². The lowest BCUT2D eigenvalue weighted by Gasteiger charge is -2.26. The molecule has 0 saturated heterocycles. The molecular formula is C23H28FN3O3. The summed E-state index contributed by atoms with van der Waals surface area (Å²) in [7, 11) is 5.49. The van der Waals surface area contributed by atoms with Crippen LogP contribution in [0.1, 0.15) is 28.8 Å². The first-order valence-electron chi connectivity index (χ1n) is 10.0. The third kappa shape index (κ3) is 5.57. The van der Waals surface area contributed by atoms with E-state index >= 15 is 0 Å². The van der Waals surface area contributed by atoms with Gasteiger partial charge in [0.2, 0.25) is 5.91 Å². The van der Waals surface area contributed by atoms with Crippen LogP contribution < -0.4 is 10.2 Å². The van der Waals surface area contributed by atoms with Crippen molar-refractivity contribution >= 4 is 23.2 Å². The fourth-order valence-corrected chi connectivity index (χ4v) is 3.32. The van der Waals surface area contributed by atoms with Crippen molar-refractivity contribution in [3.05, 3.63) is 59.4 Å². The highest BCUT2D eigenvalue weighted by Crippen LogP contribution is 2.32. The van der Waals surface area contributed by atoms with Gasteiger partial charge in [-0.2, -0.15) is 0 Å². The molecule has 30 heavy (non-hydrogen) atoms. The van der Waals surface area contributed by atoms with Gasteiger partial charge in [0.25, 0.3) is 5.91 Å². The molecule has 1 fully saturated rings. The molecule has 1 aliphatic carbocycles. The molecule has 7 heteroatoms. The van der Waals surface area contributed by atoms with E-state index in [1.165, 1.54) is 18.2 Å². The Hall–Kier alpha value is -2.93. The first-order valence-corrected chi connectivity index (χ1v) is 10.0. The molecule has 6 nitrogen and oxygen atoms in total. The summed E-state index contributed by atoms with van der Waals surface area (Å²) in [5.41, 5.74) is 2.72. The molecule has 3 rings (SSSR count). The monoisotopic (exact) mass is 413 g/mol. The van der Waals surface area contributed by atoms with E-state index < -0.39 is 5.82 Å². The molecule has 0 bridgehead atoms. The number of hydrogen-bond acceptors (Lipinski definition) is 4. The molecule has 1 aliphatic rings. The van der Waals surface area contributed by atoms with Crippen molar-refractivity contribution in [2.75, 3.05) is 44.6 Å². The van der Waals surface area contributed by atoms with Crippen molar-refractivity contribution in [2.45, 2.75) is 19.4 Å². The predicted octanol–water partition coefficient (Wildman–Crippen LogP) is 3.53. The summed E-state index contributed by atoms with van der Waals surface area (Å²) in [4.78, 5) is 29.0. The second kappa shape index (κ2) is 9.71. The summed E-state index contributed by atoms with van der Waals surface area (Å²) < 4.78 is 18.6. The molecule has 0 unspecified atom stereocenters. The van der Waals surface area contributed by atoms with Crippen LogP contribution >= 0.6 is 0 Å². The van der Waals surface area contributed by atoms with E-state index in [9.17, 15) is 14.0 Å². The highest BCUT2D eigenvalue weighted by Gasteiger charge is 2.33. The number of methoxy groups -OCH3 is 1. The van der Waals surface area contributed by atoms with Crippen molar-refractivity contribution in [1.82, 2.24) is 4.90 Å². The van der Waals surface area contributed by atoms with Crippen molar-refractivity contribution in [1.29, 1.82) is 0 Å². The average molecular weight is 413 g/mol. The van der Waals surface area contributed by atoms with Gasteiger partial charge in [0, 0.05) is 57.2 Å². The molecule has 1 N–H and O–H groups in total. The van der Waals surface area contributed by atoms with Crippen LogP contribution in [0.4, 0.5) is 15.8 Å². The fraction of sp³-hybridized carbons (Fsp3) is 0.391. The molecule has 0 aromatic heterocycles. The SMILES string of the molecule is COCCN(Cc1cc(NC(=O)c2cccc(F)c2)ccc1N(C)C)C(=O)C1CC1. The van der Waals surface area contributed by atoms with E-state index in [0.29, 0.717) is 25.4 Å². The third-order valence-electron chi connectivity index (χ3n) is 5.07. The number of ether oxygens (including phenoxy) is 1. The van der Waals surface area contributed by atoms with E-state index in [4.69, 9.17) is 4.74 Å². The van der Waals surface area contributed by atoms with Crippen LogP contribution in [0.15, 0.2) is 42.5 Å². The maximum Gasteiger partial charge on any atom is 0.255 e. The summed E-state index contributed by atoms with van der Waals surface area (Å²) in [6.45, 7) is 1.40. The highest BCUT2D eigenvalue weighted by molar-refractivity contribution is 6.04. The summed E-state index contributed by atoms with van der Waals surface area (Å²) in [6.07, 6.45) is 1.87. The summed E-state index contributed by atoms with van der Waals surface area (Å²) in [5.74, 6) is -0.589. The van der Waals surface area contributed by atoms with Gasteiger partial charge in [0.15, 0.2) is 0 Å². The zero-order chi connectivity index (χ0) is 21.7. The highest BCUT2D eigenvalue weighted by atomic mass is 19.1. The number of benzene rings is 2. The van der Waals surface area contributed by atoms with Gasteiger partial charge in [-0.25, -0.2) is 4.39 Å². The predicted molar refractivity (Wildman–Crippen MR) is 115 cm³/mol. The van der Waals surface area contributed by atoms with Crippen LogP contribution in [-0.2, 0) is 16.1 Å². The Labute approximate surface area is 176 Å². The number of nitrogens with zero attached hydrogens (tertiary/aromatic N) is 2. The van der Waals surface area contributed by atoms with Crippen LogP contribution in [0, 0.1) is 11.7 Å². The Morgan fingerprint density at radius 2 is 1.93 bits per heavy atom. The molecule has 0 aliphatic heterocycles. The zero-order valence-corrected chi connectivity index (χ0v) is 17.7. The van der Waals surface area contributed by atoms with Gasteiger partial charge in [0.1, 0.15) is 5.82 Å². The Balaban J connectivity index is 1.82. The van der Waals surface area contributed by atoms with E-state index in [0.717, 1.165) is 24.1 Å². The Morgan fingerprint density at radius 3 is 2.57 bits per heavy atom. The topological polar surface area (TPSA) is 61.9 Å². The Bertz CT molecular complexity index is 912. The van der Waals surface area contributed by atoms with Crippen LogP contribution in [-0.4, -0.2) is 51.1 Å². The van der Waals surface area contributed by atoms with Gasteiger partial charge in [-0.3, -0.25) is 9.59 Å². The van der Waals surface area contributed by atoms with Gasteiger partial charge < -0.3 is 19.9 Å². The standard InChI is InChI=1S/C23H28FN3O3/c1-26(2)21-10-9-20(25-22(28)17-5-4-6-19(24)13-17)14-18(21)15-27(11-12-30-3)23(29)16-7-8-16/h4-6,9-10,13-14,16H,7-8,11-12,15H2,1-3H3,(H,25,28). The van der Waals surface area contributed by atoms with Gasteiger partial charge >= 0.3 is 0 Å². The number of anilines is 2. The normalized spacial score (nSPS) is 13.1. The number of carbonyl (C=O) groups excluding carboxylic acids is 2. The number of hydrogen-bond donors (Lipinski definition) is 1. The minimum atomic E-state index is -0.460. The first-order chi connectivity index (χ1) is 14.4. The lowest BCUT2D eigenvalue weighted by atomic mass is 10.1. The van der Waals surface area contributed by atoms with Gasteiger partial charge in [-0.15, -0.1) is 0 Å². The molecule has 160 valence electrons. The largest absolute Gasteiger partial charge is 0.383 e. The molecule has 0 atom stereocenters. The van der Waals surface area contributed by atoms with E-state index in [2.05, 4.69) is 5.32 Å². The van der Waals surface area contributed by atoms with Crippen molar-refractivity contribution in [3.63, 3.8) is 0 Å². The van der Waals surface area contributed by atoms with Crippen molar-refractivity contribution in [2.24, 2.45) is 5.92 Å². The molecule has 0 spiro atoms. The number of carbonyl (C=O) groups is 2. The van der Waals surface area contributed by atoms with E-state index in [-0.39, 0.29) is 23.3 Å². The smallest absolute Gasteiger partial charge is 0.255 e. The Morgan fingerprint density at radius 1 is 1.17 bits per heavy atom. The number of nitrogens with one attached hydrogen (secondary N) is 1. The number of rotatable bonds is 9. The van der Waals surface area contributed by atoms with Crippen LogP contribution in [0.25, 0.3) is 0 Å². The molecule has 0 heterocycles. The maximum atomic E-state index is 13.4. The minimum absolute atomic E-state index is 0.112. The quantitative estimate of drug-likeness (QED) is 0.683. The van der Waals surface area contributed by atoms with Crippen LogP contribution in [0.5, 0.6) is 0 Å². The summed E-state index contributed by atoms with van der Waals surface area (Å²) >= 11 is 0. The molecular weight excluding hydrogens is 385 g/mol. The fourth-order valence-electron chi connectivity index (χ4n) is 3.32. The summed E-state index contributed by atoms with van der Waals surface area (Å²) in [6, 6.07) is 11.1. The molecule has 2 aromatic rings. The van der Waals surface area contributed by atoms with E-state index in [1.54, 1.807) is 19.2 Å². The lowest BCUT2D eigenvalue weighted by Crippen LogP contribution is -2.35. The molecule has 1 saturated carbocycles. The van der Waals surface area contributed by atoms with Crippen LogP contribution in [0.3, 0.4) is 0 Å². The minimum Gasteiger partial charge on any atom is -0.383 e. The zero-order valence-electron chi connectivity index (χ0n) is 17.7. The third-order valence-corrected chi connectivity index (χ3v) is 5.07. The second-order valence-corrected chi connectivity index (χ2v) is 7.73. The van der Waals surface area contributed by atoms with Gasteiger partial charge in [-0.05, 0) is 54.8 Å². The lowest BCUT2D eigenvalue weighted by molar-refractivity contribution is -0.133. The second-order valence-electron chi connectivity index (χ2n) is 7.73. The van der Waals surface area contributed by atoms with Crippen molar-refractivity contribution < 1.29 is 18.7 Å². The maximum absolute atomic E-state index is 13.4.